The molecule has 0 spiro atoms. The monoisotopic (exact) mass is 360 g/mol. The fraction of sp³-hybridized carbons (Fsp3) is 0.368. The third-order valence-corrected chi connectivity index (χ3v) is 5.09. The summed E-state index contributed by atoms with van der Waals surface area (Å²) in [5, 5.41) is 4.20. The Bertz CT molecular complexity index is 951. The predicted molar refractivity (Wildman–Crippen MR) is 93.6 cm³/mol. The molecule has 136 valence electrons. The smallest absolute Gasteiger partial charge is 0.157 e. The molecule has 0 atom stereocenters. The lowest BCUT2D eigenvalue weighted by atomic mass is 9.97. The third kappa shape index (κ3) is 2.71. The second-order valence-electron chi connectivity index (χ2n) is 6.91. The summed E-state index contributed by atoms with van der Waals surface area (Å²) in [5.74, 6) is -1.69. The molecule has 0 aliphatic carbocycles. The Morgan fingerprint density at radius 3 is 2.35 bits per heavy atom. The van der Waals surface area contributed by atoms with Crippen molar-refractivity contribution >= 4 is 11.5 Å². The number of aromatic nitrogens is 3. The van der Waals surface area contributed by atoms with E-state index in [0.717, 1.165) is 25.9 Å². The number of halogens is 3. The molecule has 0 radical (unpaired) electrons. The Labute approximate surface area is 149 Å². The van der Waals surface area contributed by atoms with Crippen LogP contribution in [0.3, 0.4) is 0 Å². The van der Waals surface area contributed by atoms with E-state index in [1.165, 1.54) is 0 Å². The number of hydrogen-bond donors (Lipinski definition) is 0. The lowest BCUT2D eigenvalue weighted by Gasteiger charge is -2.33. The van der Waals surface area contributed by atoms with E-state index in [1.54, 1.807) is 23.7 Å². The maximum Gasteiger partial charge on any atom is 0.157 e. The Kier molecular flexibility index (Phi) is 4.09. The van der Waals surface area contributed by atoms with Crippen molar-refractivity contribution in [2.45, 2.75) is 26.7 Å². The summed E-state index contributed by atoms with van der Waals surface area (Å²) >= 11 is 0. The summed E-state index contributed by atoms with van der Waals surface area (Å²) in [4.78, 5) is 6.68. The summed E-state index contributed by atoms with van der Waals surface area (Å²) in [6.45, 7) is 5.45. The van der Waals surface area contributed by atoms with Crippen LogP contribution in [0.5, 0.6) is 0 Å². The van der Waals surface area contributed by atoms with Crippen molar-refractivity contribution < 1.29 is 13.2 Å². The molecule has 2 aromatic heterocycles. The van der Waals surface area contributed by atoms with Gasteiger partial charge >= 0.3 is 0 Å². The third-order valence-electron chi connectivity index (χ3n) is 5.09. The highest BCUT2D eigenvalue weighted by Gasteiger charge is 2.27. The second-order valence-corrected chi connectivity index (χ2v) is 6.91. The number of rotatable bonds is 2. The van der Waals surface area contributed by atoms with Gasteiger partial charge in [-0.2, -0.15) is 5.10 Å². The van der Waals surface area contributed by atoms with Crippen molar-refractivity contribution in [1.29, 1.82) is 0 Å². The lowest BCUT2D eigenvalue weighted by molar-refractivity contribution is 0.436. The molecule has 7 heteroatoms. The van der Waals surface area contributed by atoms with Crippen LogP contribution in [0.15, 0.2) is 24.4 Å². The van der Waals surface area contributed by atoms with E-state index in [9.17, 15) is 13.2 Å². The number of nitrogens with zero attached hydrogens (tertiary/aromatic N) is 4. The topological polar surface area (TPSA) is 33.4 Å². The molecule has 0 amide bonds. The largest absolute Gasteiger partial charge is 0.356 e. The Balaban J connectivity index is 1.98. The van der Waals surface area contributed by atoms with Crippen LogP contribution in [-0.4, -0.2) is 27.7 Å². The standard InChI is InChI=1S/C19H19F3N4/c1-11-4-7-25(8-5-11)19-17(12(2)26-16(24-19)3-6-23-26)18-14(21)9-13(20)10-15(18)22/h3,6,9-11H,4-5,7-8H2,1-2H3. The Morgan fingerprint density at radius 2 is 1.69 bits per heavy atom. The second kappa shape index (κ2) is 6.30. The van der Waals surface area contributed by atoms with Crippen LogP contribution in [-0.2, 0) is 0 Å². The molecule has 0 N–H and O–H groups in total. The minimum atomic E-state index is -0.942. The molecular formula is C19H19F3N4. The molecule has 26 heavy (non-hydrogen) atoms. The van der Waals surface area contributed by atoms with Crippen molar-refractivity contribution in [3.63, 3.8) is 0 Å². The van der Waals surface area contributed by atoms with E-state index in [2.05, 4.69) is 21.9 Å². The van der Waals surface area contributed by atoms with E-state index < -0.39 is 17.5 Å². The fourth-order valence-electron chi connectivity index (χ4n) is 3.59. The van der Waals surface area contributed by atoms with Gasteiger partial charge in [-0.05, 0) is 25.7 Å². The van der Waals surface area contributed by atoms with Crippen LogP contribution in [0.4, 0.5) is 19.0 Å². The highest BCUT2D eigenvalue weighted by Crippen LogP contribution is 2.38. The van der Waals surface area contributed by atoms with E-state index in [-0.39, 0.29) is 5.56 Å². The quantitative estimate of drug-likeness (QED) is 0.681. The number of fused-ring (bicyclic) bond motifs is 1. The Hall–Kier alpha value is -2.57. The molecule has 1 saturated heterocycles. The van der Waals surface area contributed by atoms with E-state index in [4.69, 9.17) is 0 Å². The van der Waals surface area contributed by atoms with Crippen LogP contribution in [0, 0.1) is 30.3 Å². The van der Waals surface area contributed by atoms with Crippen LogP contribution in [0.25, 0.3) is 16.8 Å². The van der Waals surface area contributed by atoms with Crippen LogP contribution >= 0.6 is 0 Å². The zero-order valence-electron chi connectivity index (χ0n) is 14.6. The van der Waals surface area contributed by atoms with E-state index >= 15 is 0 Å². The average molecular weight is 360 g/mol. The predicted octanol–water partition coefficient (Wildman–Crippen LogP) is 4.36. The summed E-state index contributed by atoms with van der Waals surface area (Å²) in [7, 11) is 0. The average Bonchev–Trinajstić information content (AvgIpc) is 3.05. The summed E-state index contributed by atoms with van der Waals surface area (Å²) in [5.41, 5.74) is 1.24. The number of benzene rings is 1. The van der Waals surface area contributed by atoms with Gasteiger partial charge in [-0.25, -0.2) is 22.7 Å². The zero-order chi connectivity index (χ0) is 18.4. The fourth-order valence-corrected chi connectivity index (χ4v) is 3.59. The first-order valence-corrected chi connectivity index (χ1v) is 8.70. The van der Waals surface area contributed by atoms with Gasteiger partial charge in [0.15, 0.2) is 5.65 Å². The zero-order valence-corrected chi connectivity index (χ0v) is 14.6. The summed E-state index contributed by atoms with van der Waals surface area (Å²) in [6, 6.07) is 3.16. The van der Waals surface area contributed by atoms with Gasteiger partial charge in [-0.15, -0.1) is 0 Å². The molecule has 3 aromatic rings. The first-order chi connectivity index (χ1) is 12.5. The number of aryl methyl sites for hydroxylation is 1. The molecular weight excluding hydrogens is 341 g/mol. The van der Waals surface area contributed by atoms with Gasteiger partial charge in [0.25, 0.3) is 0 Å². The molecule has 1 aromatic carbocycles. The molecule has 1 aliphatic heterocycles. The van der Waals surface area contributed by atoms with Crippen LogP contribution < -0.4 is 4.90 Å². The maximum atomic E-state index is 14.6. The summed E-state index contributed by atoms with van der Waals surface area (Å²) in [6.07, 6.45) is 3.57. The van der Waals surface area contributed by atoms with Crippen molar-refractivity contribution in [1.82, 2.24) is 14.6 Å². The Morgan fingerprint density at radius 1 is 1.04 bits per heavy atom. The van der Waals surface area contributed by atoms with Crippen molar-refractivity contribution in [2.75, 3.05) is 18.0 Å². The minimum absolute atomic E-state index is 0.262. The maximum absolute atomic E-state index is 14.6. The number of anilines is 1. The highest BCUT2D eigenvalue weighted by atomic mass is 19.1. The molecule has 1 fully saturated rings. The lowest BCUT2D eigenvalue weighted by Crippen LogP contribution is -2.34. The number of piperidine rings is 1. The first-order valence-electron chi connectivity index (χ1n) is 8.70. The summed E-state index contributed by atoms with van der Waals surface area (Å²) < 4.78 is 44.1. The van der Waals surface area contributed by atoms with E-state index in [1.807, 2.05) is 0 Å². The van der Waals surface area contributed by atoms with Crippen LogP contribution in [0.1, 0.15) is 25.5 Å². The normalized spacial score (nSPS) is 15.8. The van der Waals surface area contributed by atoms with Gasteiger partial charge in [0, 0.05) is 31.3 Å². The molecule has 1 aliphatic rings. The molecule has 0 unspecified atom stereocenters. The van der Waals surface area contributed by atoms with E-state index in [0.29, 0.717) is 40.8 Å². The van der Waals surface area contributed by atoms with Crippen molar-refractivity contribution in [3.05, 3.63) is 47.5 Å². The van der Waals surface area contributed by atoms with Gasteiger partial charge in [0.2, 0.25) is 0 Å². The molecule has 0 saturated carbocycles. The van der Waals surface area contributed by atoms with Gasteiger partial charge in [-0.3, -0.25) is 0 Å². The van der Waals surface area contributed by atoms with Gasteiger partial charge in [0.05, 0.1) is 23.0 Å². The van der Waals surface area contributed by atoms with Gasteiger partial charge < -0.3 is 4.90 Å². The van der Waals surface area contributed by atoms with Gasteiger partial charge in [0.1, 0.15) is 23.3 Å². The SMILES string of the molecule is Cc1c(-c2c(F)cc(F)cc2F)c(N2CCC(C)CC2)nc2ccnn12. The van der Waals surface area contributed by atoms with Crippen LogP contribution in [0.2, 0.25) is 0 Å². The van der Waals surface area contributed by atoms with Crippen molar-refractivity contribution in [3.8, 4) is 11.1 Å². The number of hydrogen-bond acceptors (Lipinski definition) is 3. The van der Waals surface area contributed by atoms with Gasteiger partial charge in [-0.1, -0.05) is 6.92 Å². The van der Waals surface area contributed by atoms with Crippen molar-refractivity contribution in [2.24, 2.45) is 5.92 Å². The molecule has 0 bridgehead atoms. The molecule has 3 heterocycles. The minimum Gasteiger partial charge on any atom is -0.356 e. The molecule has 4 rings (SSSR count). The molecule has 4 nitrogen and oxygen atoms in total. The first kappa shape index (κ1) is 16.9. The highest BCUT2D eigenvalue weighted by molar-refractivity contribution is 5.80.